The molecule has 0 spiro atoms. The van der Waals surface area contributed by atoms with Crippen LogP contribution in [-0.2, 0) is 6.54 Å². The molecule has 0 atom stereocenters. The summed E-state index contributed by atoms with van der Waals surface area (Å²) in [5.74, 6) is -1.03. The van der Waals surface area contributed by atoms with E-state index in [4.69, 9.17) is 5.11 Å². The zero-order valence-corrected chi connectivity index (χ0v) is 12.7. The zero-order valence-electron chi connectivity index (χ0n) is 11.1. The van der Waals surface area contributed by atoms with Crippen molar-refractivity contribution in [2.24, 2.45) is 0 Å². The number of nitrogens with one attached hydrogen (secondary N) is 1. The highest BCUT2D eigenvalue weighted by Crippen LogP contribution is 2.28. The Labute approximate surface area is 125 Å². The van der Waals surface area contributed by atoms with Crippen LogP contribution >= 0.6 is 15.9 Å². The maximum atomic E-state index is 11.1. The molecule has 0 aliphatic carbocycles. The Morgan fingerprint density at radius 2 is 2.15 bits per heavy atom. The first-order valence-electron chi connectivity index (χ1n) is 6.02. The van der Waals surface area contributed by atoms with Crippen LogP contribution in [0.25, 0.3) is 0 Å². The molecule has 6 heteroatoms. The molecule has 1 aromatic carbocycles. The lowest BCUT2D eigenvalue weighted by atomic mass is 10.1. The molecule has 0 saturated carbocycles. The van der Waals surface area contributed by atoms with Crippen LogP contribution in [0.5, 0.6) is 0 Å². The van der Waals surface area contributed by atoms with Crippen molar-refractivity contribution in [2.75, 3.05) is 5.32 Å². The number of carboxylic acids is 1. The highest BCUT2D eigenvalue weighted by molar-refractivity contribution is 9.10. The third kappa shape index (κ3) is 3.14. The van der Waals surface area contributed by atoms with E-state index in [9.17, 15) is 4.79 Å². The van der Waals surface area contributed by atoms with E-state index in [0.29, 0.717) is 12.2 Å². The monoisotopic (exact) mass is 335 g/mol. The number of carboxylic acid groups (broad SMARTS) is 1. The van der Waals surface area contributed by atoms with Gasteiger partial charge in [-0.1, -0.05) is 6.07 Å². The average molecular weight is 336 g/mol. The molecule has 1 heterocycles. The van der Waals surface area contributed by atoms with Crippen molar-refractivity contribution in [2.45, 2.75) is 20.4 Å². The number of aromatic carboxylic acids is 1. The summed E-state index contributed by atoms with van der Waals surface area (Å²) < 4.78 is 0.945. The Morgan fingerprint density at radius 1 is 1.40 bits per heavy atom. The van der Waals surface area contributed by atoms with Gasteiger partial charge in [-0.15, -0.1) is 0 Å². The maximum absolute atomic E-state index is 11.1. The van der Waals surface area contributed by atoms with Crippen LogP contribution in [-0.4, -0.2) is 21.0 Å². The van der Waals surface area contributed by atoms with Gasteiger partial charge in [-0.05, 0) is 47.0 Å². The van der Waals surface area contributed by atoms with Crippen molar-refractivity contribution in [1.82, 2.24) is 9.97 Å². The molecule has 2 rings (SSSR count). The van der Waals surface area contributed by atoms with E-state index < -0.39 is 5.97 Å². The number of carbonyl (C=O) groups is 1. The maximum Gasteiger partial charge on any atom is 0.339 e. The first kappa shape index (κ1) is 14.5. The Morgan fingerprint density at radius 3 is 2.80 bits per heavy atom. The van der Waals surface area contributed by atoms with Gasteiger partial charge in [-0.3, -0.25) is 0 Å². The predicted octanol–water partition coefficient (Wildman–Crippen LogP) is 3.17. The summed E-state index contributed by atoms with van der Waals surface area (Å²) in [6.07, 6.45) is 2.66. The van der Waals surface area contributed by atoms with Crippen molar-refractivity contribution >= 4 is 27.6 Å². The summed E-state index contributed by atoms with van der Waals surface area (Å²) in [4.78, 5) is 18.9. The fourth-order valence-electron chi connectivity index (χ4n) is 1.99. The number of halogens is 1. The fourth-order valence-corrected chi connectivity index (χ4v) is 2.80. The third-order valence-corrected chi connectivity index (χ3v) is 3.51. The van der Waals surface area contributed by atoms with Crippen LogP contribution in [0.3, 0.4) is 0 Å². The molecular weight excluding hydrogens is 322 g/mol. The van der Waals surface area contributed by atoms with Crippen molar-refractivity contribution < 1.29 is 9.90 Å². The van der Waals surface area contributed by atoms with E-state index in [0.717, 1.165) is 21.3 Å². The molecule has 2 aromatic rings. The number of nitrogens with zero attached hydrogens (tertiary/aromatic N) is 2. The van der Waals surface area contributed by atoms with Gasteiger partial charge in [-0.2, -0.15) is 0 Å². The van der Waals surface area contributed by atoms with Gasteiger partial charge >= 0.3 is 5.97 Å². The van der Waals surface area contributed by atoms with Crippen molar-refractivity contribution in [3.05, 3.63) is 51.5 Å². The van der Waals surface area contributed by atoms with Crippen LogP contribution < -0.4 is 5.32 Å². The van der Waals surface area contributed by atoms with Gasteiger partial charge in [0.15, 0.2) is 0 Å². The highest BCUT2D eigenvalue weighted by Gasteiger charge is 2.12. The molecule has 104 valence electrons. The van der Waals surface area contributed by atoms with Gasteiger partial charge in [0.05, 0.1) is 17.9 Å². The van der Waals surface area contributed by atoms with Crippen LogP contribution in [0.4, 0.5) is 5.69 Å². The van der Waals surface area contributed by atoms with Crippen molar-refractivity contribution in [3.63, 3.8) is 0 Å². The van der Waals surface area contributed by atoms with Crippen LogP contribution in [0.2, 0.25) is 0 Å². The lowest BCUT2D eigenvalue weighted by Crippen LogP contribution is -2.10. The van der Waals surface area contributed by atoms with Gasteiger partial charge in [0, 0.05) is 10.7 Å². The lowest BCUT2D eigenvalue weighted by Gasteiger charge is -2.13. The molecule has 0 fully saturated rings. The number of hydrogen-bond donors (Lipinski definition) is 2. The summed E-state index contributed by atoms with van der Waals surface area (Å²) >= 11 is 3.51. The quantitative estimate of drug-likeness (QED) is 0.897. The van der Waals surface area contributed by atoms with Crippen molar-refractivity contribution in [3.8, 4) is 0 Å². The smallest absolute Gasteiger partial charge is 0.339 e. The van der Waals surface area contributed by atoms with E-state index in [1.807, 2.05) is 19.9 Å². The Hall–Kier alpha value is -1.95. The molecule has 2 N–H and O–H groups in total. The molecule has 0 aliphatic rings. The Kier molecular flexibility index (Phi) is 4.34. The largest absolute Gasteiger partial charge is 0.478 e. The number of aryl methyl sites for hydroxylation is 2. The summed E-state index contributed by atoms with van der Waals surface area (Å²) in [6, 6.07) is 4.07. The molecule has 1 aromatic heterocycles. The third-order valence-electron chi connectivity index (χ3n) is 2.89. The Bertz CT molecular complexity index is 636. The molecular formula is C14H14BrN3O2. The minimum absolute atomic E-state index is 0.112. The number of rotatable bonds is 4. The SMILES string of the molecule is Cc1cc(C)c(NCc2ncncc2C(=O)O)c(Br)c1. The molecule has 5 nitrogen and oxygen atoms in total. The van der Waals surface area contributed by atoms with Crippen LogP contribution in [0.15, 0.2) is 29.1 Å². The molecule has 0 unspecified atom stereocenters. The summed E-state index contributed by atoms with van der Waals surface area (Å²) in [6.45, 7) is 4.35. The minimum Gasteiger partial charge on any atom is -0.478 e. The highest BCUT2D eigenvalue weighted by atomic mass is 79.9. The second kappa shape index (κ2) is 6.00. The summed E-state index contributed by atoms with van der Waals surface area (Å²) in [5, 5.41) is 12.3. The number of hydrogen-bond acceptors (Lipinski definition) is 4. The van der Waals surface area contributed by atoms with Gasteiger partial charge in [0.1, 0.15) is 11.9 Å². The summed E-state index contributed by atoms with van der Waals surface area (Å²) in [5.41, 5.74) is 3.75. The number of benzene rings is 1. The summed E-state index contributed by atoms with van der Waals surface area (Å²) in [7, 11) is 0. The predicted molar refractivity (Wildman–Crippen MR) is 79.9 cm³/mol. The average Bonchev–Trinajstić information content (AvgIpc) is 2.37. The van der Waals surface area contributed by atoms with Crippen LogP contribution in [0.1, 0.15) is 27.2 Å². The number of aromatic nitrogens is 2. The lowest BCUT2D eigenvalue weighted by molar-refractivity contribution is 0.0694. The number of anilines is 1. The molecule has 20 heavy (non-hydrogen) atoms. The minimum atomic E-state index is -1.03. The first-order chi connectivity index (χ1) is 9.49. The molecule has 0 amide bonds. The molecule has 0 bridgehead atoms. The van der Waals surface area contributed by atoms with Gasteiger partial charge in [0.2, 0.25) is 0 Å². The second-order valence-corrected chi connectivity index (χ2v) is 5.33. The second-order valence-electron chi connectivity index (χ2n) is 4.48. The van der Waals surface area contributed by atoms with E-state index in [1.165, 1.54) is 12.5 Å². The van der Waals surface area contributed by atoms with Crippen molar-refractivity contribution in [1.29, 1.82) is 0 Å². The topological polar surface area (TPSA) is 75.1 Å². The Balaban J connectivity index is 2.24. The van der Waals surface area contributed by atoms with Gasteiger partial charge in [-0.25, -0.2) is 14.8 Å². The standard InChI is InChI=1S/C14H14BrN3O2/c1-8-3-9(2)13(11(15)4-8)17-6-12-10(14(19)20)5-16-7-18-12/h3-5,7,17H,6H2,1-2H3,(H,19,20). The normalized spacial score (nSPS) is 10.3. The van der Waals surface area contributed by atoms with Gasteiger partial charge in [0.25, 0.3) is 0 Å². The van der Waals surface area contributed by atoms with E-state index in [2.05, 4.69) is 37.3 Å². The zero-order chi connectivity index (χ0) is 14.7. The fraction of sp³-hybridized carbons (Fsp3) is 0.214. The van der Waals surface area contributed by atoms with E-state index >= 15 is 0 Å². The molecule has 0 radical (unpaired) electrons. The molecule has 0 aliphatic heterocycles. The van der Waals surface area contributed by atoms with Gasteiger partial charge < -0.3 is 10.4 Å². The molecule has 0 saturated heterocycles. The van der Waals surface area contributed by atoms with E-state index in [-0.39, 0.29) is 5.56 Å². The van der Waals surface area contributed by atoms with Crippen LogP contribution in [0, 0.1) is 13.8 Å². The van der Waals surface area contributed by atoms with E-state index in [1.54, 1.807) is 0 Å². The first-order valence-corrected chi connectivity index (χ1v) is 6.81.